The number of rotatable bonds is 17. The lowest BCUT2D eigenvalue weighted by Gasteiger charge is -2.47. The van der Waals surface area contributed by atoms with Gasteiger partial charge in [-0.2, -0.15) is 23.5 Å². The summed E-state index contributed by atoms with van der Waals surface area (Å²) in [6.45, 7) is 10.4. The summed E-state index contributed by atoms with van der Waals surface area (Å²) < 4.78 is 0. The largest absolute Gasteiger partial charge is 0.354 e. The lowest BCUT2D eigenvalue weighted by molar-refractivity contribution is -0.122. The highest BCUT2D eigenvalue weighted by Crippen LogP contribution is 2.48. The number of hydrogen-bond donors (Lipinski definition) is 1. The molecular weight excluding hydrogens is 454 g/mol. The summed E-state index contributed by atoms with van der Waals surface area (Å²) in [6, 6.07) is 0.179. The summed E-state index contributed by atoms with van der Waals surface area (Å²) >= 11 is 3.19. The van der Waals surface area contributed by atoms with Crippen LogP contribution < -0.4 is 5.32 Å². The van der Waals surface area contributed by atoms with Crippen molar-refractivity contribution in [1.82, 2.24) is 5.32 Å². The van der Waals surface area contributed by atoms with Crippen LogP contribution in [-0.4, -0.2) is 52.3 Å². The first-order valence-corrected chi connectivity index (χ1v) is 14.7. The summed E-state index contributed by atoms with van der Waals surface area (Å²) in [5, 5.41) is 3.09. The fraction of sp³-hybridized carbons (Fsp3) is 0.846. The Balaban J connectivity index is 2.22. The van der Waals surface area contributed by atoms with Crippen LogP contribution in [0.1, 0.15) is 98.8 Å². The zero-order chi connectivity index (χ0) is 24.9. The molecule has 5 nitrogen and oxygen atoms in total. The number of carbonyl (C=O) groups excluding carboxylic acids is 4. The van der Waals surface area contributed by atoms with Crippen LogP contribution in [0.2, 0.25) is 0 Å². The van der Waals surface area contributed by atoms with Crippen molar-refractivity contribution in [2.45, 2.75) is 105 Å². The molecular formula is C26H45NO4S2. The van der Waals surface area contributed by atoms with E-state index >= 15 is 0 Å². The van der Waals surface area contributed by atoms with Gasteiger partial charge in [0.1, 0.15) is 17.3 Å². The van der Waals surface area contributed by atoms with Gasteiger partial charge in [0, 0.05) is 44.4 Å². The molecule has 0 radical (unpaired) electrons. The minimum atomic E-state index is 0.0141. The van der Waals surface area contributed by atoms with Crippen molar-refractivity contribution in [1.29, 1.82) is 0 Å². The molecule has 1 saturated carbocycles. The van der Waals surface area contributed by atoms with Crippen molar-refractivity contribution in [3.05, 3.63) is 0 Å². The van der Waals surface area contributed by atoms with Crippen LogP contribution in [0.25, 0.3) is 0 Å². The van der Waals surface area contributed by atoms with E-state index in [1.165, 1.54) is 11.8 Å². The van der Waals surface area contributed by atoms with Gasteiger partial charge in [-0.05, 0) is 55.1 Å². The molecule has 0 aromatic carbocycles. The maximum Gasteiger partial charge on any atom is 0.217 e. The maximum atomic E-state index is 12.4. The van der Waals surface area contributed by atoms with Gasteiger partial charge in [0.2, 0.25) is 5.91 Å². The zero-order valence-electron chi connectivity index (χ0n) is 21.4. The zero-order valence-corrected chi connectivity index (χ0v) is 23.1. The van der Waals surface area contributed by atoms with Crippen LogP contribution in [0.5, 0.6) is 0 Å². The molecule has 0 aromatic rings. The molecule has 33 heavy (non-hydrogen) atoms. The third kappa shape index (κ3) is 14.2. The van der Waals surface area contributed by atoms with Crippen molar-refractivity contribution in [2.75, 3.05) is 23.0 Å². The van der Waals surface area contributed by atoms with Gasteiger partial charge in [-0.25, -0.2) is 0 Å². The maximum absolute atomic E-state index is 12.4. The standard InChI is InChI=1S/C26H45NO4S2/c1-6-13-32-17-23(30)8-7-9-24(31)18-33-14-11-22(29)10-12-26(5)16-21(27-20(2)28)15-25(3,4)19-26/h21H,6-19H2,1-5H3,(H,27,28). The van der Waals surface area contributed by atoms with E-state index in [-0.39, 0.29) is 40.1 Å². The number of thioether (sulfide) groups is 2. The Morgan fingerprint density at radius 2 is 1.45 bits per heavy atom. The van der Waals surface area contributed by atoms with E-state index in [2.05, 4.69) is 33.0 Å². The number of ketones is 3. The van der Waals surface area contributed by atoms with Gasteiger partial charge >= 0.3 is 0 Å². The van der Waals surface area contributed by atoms with Crippen LogP contribution in [0.3, 0.4) is 0 Å². The first-order chi connectivity index (χ1) is 15.4. The Morgan fingerprint density at radius 3 is 2.03 bits per heavy atom. The number of hydrogen-bond acceptors (Lipinski definition) is 6. The average molecular weight is 500 g/mol. The Hall–Kier alpha value is -0.820. The first kappa shape index (κ1) is 30.2. The third-order valence-electron chi connectivity index (χ3n) is 6.17. The molecule has 0 heterocycles. The van der Waals surface area contributed by atoms with Crippen LogP contribution in [0.15, 0.2) is 0 Å². The van der Waals surface area contributed by atoms with Crippen molar-refractivity contribution >= 4 is 46.8 Å². The highest BCUT2D eigenvalue weighted by atomic mass is 32.2. The SMILES string of the molecule is CCCSCC(=O)CCCC(=O)CSCCC(=O)CCC1(C)CC(NC(C)=O)CC(C)(C)C1. The van der Waals surface area contributed by atoms with E-state index in [0.717, 1.165) is 37.9 Å². The fourth-order valence-corrected chi connectivity index (χ4v) is 6.80. The molecule has 1 aliphatic carbocycles. The Bertz CT molecular complexity index is 665. The summed E-state index contributed by atoms with van der Waals surface area (Å²) in [6.07, 6.45) is 7.53. The van der Waals surface area contributed by atoms with Gasteiger partial charge in [-0.3, -0.25) is 19.2 Å². The predicted octanol–water partition coefficient (Wildman–Crippen LogP) is 5.63. The Labute approximate surface area is 209 Å². The molecule has 0 aliphatic heterocycles. The molecule has 2 unspecified atom stereocenters. The molecule has 0 spiro atoms. The van der Waals surface area contributed by atoms with Crippen LogP contribution in [0, 0.1) is 10.8 Å². The second-order valence-electron chi connectivity index (χ2n) is 10.8. The molecule has 1 amide bonds. The van der Waals surface area contributed by atoms with E-state index in [1.54, 1.807) is 18.7 Å². The topological polar surface area (TPSA) is 80.3 Å². The molecule has 1 fully saturated rings. The molecule has 0 aromatic heterocycles. The van der Waals surface area contributed by atoms with E-state index in [9.17, 15) is 19.2 Å². The van der Waals surface area contributed by atoms with E-state index in [4.69, 9.17) is 0 Å². The number of amides is 1. The van der Waals surface area contributed by atoms with Gasteiger partial charge in [0.25, 0.3) is 0 Å². The second kappa shape index (κ2) is 15.2. The van der Waals surface area contributed by atoms with Crippen LogP contribution in [0.4, 0.5) is 0 Å². The smallest absolute Gasteiger partial charge is 0.217 e. The van der Waals surface area contributed by atoms with Gasteiger partial charge in [-0.1, -0.05) is 27.7 Å². The number of nitrogens with one attached hydrogen (secondary N) is 1. The summed E-state index contributed by atoms with van der Waals surface area (Å²) in [5.74, 6) is 3.34. The van der Waals surface area contributed by atoms with E-state index in [1.807, 2.05) is 0 Å². The molecule has 7 heteroatoms. The minimum absolute atomic E-state index is 0.0141. The van der Waals surface area contributed by atoms with E-state index in [0.29, 0.717) is 49.4 Å². The summed E-state index contributed by atoms with van der Waals surface area (Å²) in [4.78, 5) is 47.7. The highest BCUT2D eigenvalue weighted by molar-refractivity contribution is 8.00. The lowest BCUT2D eigenvalue weighted by atomic mass is 9.61. The monoisotopic (exact) mass is 499 g/mol. The molecule has 1 rings (SSSR count). The first-order valence-electron chi connectivity index (χ1n) is 12.4. The van der Waals surface area contributed by atoms with Gasteiger partial charge in [0.15, 0.2) is 0 Å². The van der Waals surface area contributed by atoms with Crippen molar-refractivity contribution in [2.24, 2.45) is 10.8 Å². The Kier molecular flexibility index (Phi) is 13.9. The number of Topliss-reactive ketones (excluding diaryl/α,β-unsaturated/α-hetero) is 3. The molecule has 2 atom stereocenters. The lowest BCUT2D eigenvalue weighted by Crippen LogP contribution is -2.46. The summed E-state index contributed by atoms with van der Waals surface area (Å²) in [5.41, 5.74) is 0.207. The van der Waals surface area contributed by atoms with Crippen molar-refractivity contribution in [3.63, 3.8) is 0 Å². The van der Waals surface area contributed by atoms with E-state index < -0.39 is 0 Å². The molecule has 0 bridgehead atoms. The number of carbonyl (C=O) groups is 4. The van der Waals surface area contributed by atoms with Crippen molar-refractivity contribution < 1.29 is 19.2 Å². The Morgan fingerprint density at radius 1 is 0.848 bits per heavy atom. The van der Waals surface area contributed by atoms with Gasteiger partial charge < -0.3 is 5.32 Å². The molecule has 1 N–H and O–H groups in total. The van der Waals surface area contributed by atoms with Gasteiger partial charge in [-0.15, -0.1) is 0 Å². The average Bonchev–Trinajstić information content (AvgIpc) is 2.68. The van der Waals surface area contributed by atoms with Gasteiger partial charge in [0.05, 0.1) is 11.5 Å². The highest BCUT2D eigenvalue weighted by Gasteiger charge is 2.41. The normalized spacial score (nSPS) is 22.0. The van der Waals surface area contributed by atoms with Crippen LogP contribution in [-0.2, 0) is 19.2 Å². The second-order valence-corrected chi connectivity index (χ2v) is 13.0. The van der Waals surface area contributed by atoms with Crippen LogP contribution >= 0.6 is 23.5 Å². The minimum Gasteiger partial charge on any atom is -0.354 e. The molecule has 1 aliphatic rings. The third-order valence-corrected chi connectivity index (χ3v) is 8.41. The molecule has 0 saturated heterocycles. The fourth-order valence-electron chi connectivity index (χ4n) is 5.11. The summed E-state index contributed by atoms with van der Waals surface area (Å²) in [7, 11) is 0. The quantitative estimate of drug-likeness (QED) is 0.261. The van der Waals surface area contributed by atoms with Crippen molar-refractivity contribution in [3.8, 4) is 0 Å². The predicted molar refractivity (Wildman–Crippen MR) is 141 cm³/mol. The molecule has 190 valence electrons.